The molecule has 1 amide bonds. The highest BCUT2D eigenvalue weighted by Gasteiger charge is 2.19. The zero-order chi connectivity index (χ0) is 25.7. The molecule has 0 aliphatic heterocycles. The van der Waals surface area contributed by atoms with Crippen LogP contribution < -0.4 is 14.8 Å². The van der Waals surface area contributed by atoms with Gasteiger partial charge >= 0.3 is 0 Å². The van der Waals surface area contributed by atoms with Crippen molar-refractivity contribution in [3.63, 3.8) is 0 Å². The van der Waals surface area contributed by atoms with Crippen LogP contribution in [0.1, 0.15) is 15.9 Å². The van der Waals surface area contributed by atoms with Gasteiger partial charge in [0.1, 0.15) is 18.2 Å². The third kappa shape index (κ3) is 6.34. The number of carbonyl (C=O) groups excluding carboxylic acids is 1. The minimum atomic E-state index is -4.09. The topological polar surface area (TPSA) is 84.5 Å². The first-order valence-corrected chi connectivity index (χ1v) is 12.8. The number of rotatable bonds is 8. The lowest BCUT2D eigenvalue weighted by Gasteiger charge is -2.12. The van der Waals surface area contributed by atoms with Crippen molar-refractivity contribution < 1.29 is 22.3 Å². The Balaban J connectivity index is 1.41. The highest BCUT2D eigenvalue weighted by atomic mass is 35.5. The van der Waals surface area contributed by atoms with Crippen molar-refractivity contribution in [1.29, 1.82) is 0 Å². The summed E-state index contributed by atoms with van der Waals surface area (Å²) < 4.78 is 48.3. The number of benzene rings is 4. The standard InChI is InChI=1S/C26H19Cl2FN2O4S/c27-18-6-12-22(23(28)14-18)26(32)30-25-13-11-21(15-24(25)29)36(33,34)31-19-7-9-20(10-8-19)35-16-17-4-2-1-3-5-17/h1-15,31H,16H2,(H,30,32). The van der Waals surface area contributed by atoms with Gasteiger partial charge in [-0.2, -0.15) is 0 Å². The summed E-state index contributed by atoms with van der Waals surface area (Å²) in [6.45, 7) is 0.373. The Morgan fingerprint density at radius 3 is 2.28 bits per heavy atom. The van der Waals surface area contributed by atoms with Gasteiger partial charge in [-0.05, 0) is 66.2 Å². The summed E-state index contributed by atoms with van der Waals surface area (Å²) in [5, 5.41) is 2.82. The van der Waals surface area contributed by atoms with Crippen molar-refractivity contribution in [2.45, 2.75) is 11.5 Å². The van der Waals surface area contributed by atoms with E-state index in [9.17, 15) is 17.6 Å². The maximum Gasteiger partial charge on any atom is 0.261 e. The van der Waals surface area contributed by atoms with Gasteiger partial charge in [-0.15, -0.1) is 0 Å². The molecular weight excluding hydrogens is 526 g/mol. The Morgan fingerprint density at radius 2 is 1.61 bits per heavy atom. The molecule has 0 aliphatic carbocycles. The number of hydrogen-bond acceptors (Lipinski definition) is 4. The summed E-state index contributed by atoms with van der Waals surface area (Å²) in [7, 11) is -4.09. The number of halogens is 3. The third-order valence-electron chi connectivity index (χ3n) is 5.03. The molecule has 6 nitrogen and oxygen atoms in total. The van der Waals surface area contributed by atoms with Crippen molar-refractivity contribution >= 4 is 50.5 Å². The van der Waals surface area contributed by atoms with Gasteiger partial charge in [-0.25, -0.2) is 12.8 Å². The van der Waals surface area contributed by atoms with Crippen LogP contribution >= 0.6 is 23.2 Å². The second-order valence-electron chi connectivity index (χ2n) is 7.62. The van der Waals surface area contributed by atoms with Gasteiger partial charge in [-0.3, -0.25) is 9.52 Å². The molecule has 2 N–H and O–H groups in total. The molecule has 0 aromatic heterocycles. The molecule has 0 unspecified atom stereocenters. The Labute approximate surface area is 217 Å². The molecule has 0 saturated carbocycles. The van der Waals surface area contributed by atoms with E-state index in [4.69, 9.17) is 27.9 Å². The number of hydrogen-bond donors (Lipinski definition) is 2. The van der Waals surface area contributed by atoms with Crippen LogP contribution in [0.4, 0.5) is 15.8 Å². The summed E-state index contributed by atoms with van der Waals surface area (Å²) in [5.74, 6) is -1.03. The monoisotopic (exact) mass is 544 g/mol. The van der Waals surface area contributed by atoms with Gasteiger partial charge in [0.05, 0.1) is 21.2 Å². The number of anilines is 2. The highest BCUT2D eigenvalue weighted by Crippen LogP contribution is 2.25. The van der Waals surface area contributed by atoms with Crippen LogP contribution in [-0.4, -0.2) is 14.3 Å². The molecular formula is C26H19Cl2FN2O4S. The fourth-order valence-electron chi connectivity index (χ4n) is 3.20. The van der Waals surface area contributed by atoms with E-state index in [1.165, 1.54) is 24.3 Å². The summed E-state index contributed by atoms with van der Waals surface area (Å²) in [6, 6.07) is 23.4. The number of sulfonamides is 1. The van der Waals surface area contributed by atoms with Crippen LogP contribution in [0, 0.1) is 5.82 Å². The average molecular weight is 545 g/mol. The van der Waals surface area contributed by atoms with Gasteiger partial charge in [-0.1, -0.05) is 53.5 Å². The summed E-state index contributed by atoms with van der Waals surface area (Å²) >= 11 is 11.8. The van der Waals surface area contributed by atoms with E-state index in [2.05, 4.69) is 10.0 Å². The minimum Gasteiger partial charge on any atom is -0.489 e. The van der Waals surface area contributed by atoms with E-state index in [1.807, 2.05) is 30.3 Å². The molecule has 36 heavy (non-hydrogen) atoms. The normalized spacial score (nSPS) is 11.1. The second kappa shape index (κ2) is 11.0. The molecule has 0 saturated heterocycles. The number of ether oxygens (including phenoxy) is 1. The zero-order valence-corrected chi connectivity index (χ0v) is 20.9. The van der Waals surface area contributed by atoms with Gasteiger partial charge < -0.3 is 10.1 Å². The maximum absolute atomic E-state index is 14.7. The molecule has 0 spiro atoms. The quantitative estimate of drug-likeness (QED) is 0.256. The Morgan fingerprint density at radius 1 is 0.889 bits per heavy atom. The van der Waals surface area contributed by atoms with E-state index >= 15 is 0 Å². The number of amides is 1. The second-order valence-corrected chi connectivity index (χ2v) is 10.2. The number of carbonyl (C=O) groups is 1. The van der Waals surface area contributed by atoms with E-state index in [1.54, 1.807) is 24.3 Å². The van der Waals surface area contributed by atoms with E-state index < -0.39 is 21.7 Å². The fourth-order valence-corrected chi connectivity index (χ4v) is 4.77. The molecule has 0 fully saturated rings. The van der Waals surface area contributed by atoms with E-state index in [0.29, 0.717) is 17.4 Å². The largest absolute Gasteiger partial charge is 0.489 e. The maximum atomic E-state index is 14.7. The van der Waals surface area contributed by atoms with Crippen LogP contribution in [0.15, 0.2) is 95.9 Å². The van der Waals surface area contributed by atoms with Crippen molar-refractivity contribution in [1.82, 2.24) is 0 Å². The first-order chi connectivity index (χ1) is 17.2. The minimum absolute atomic E-state index is 0.0926. The van der Waals surface area contributed by atoms with Crippen molar-refractivity contribution in [2.24, 2.45) is 0 Å². The predicted octanol–water partition coefficient (Wildman–Crippen LogP) is 6.76. The van der Waals surface area contributed by atoms with Crippen molar-refractivity contribution in [3.05, 3.63) is 118 Å². The van der Waals surface area contributed by atoms with E-state index in [0.717, 1.165) is 17.7 Å². The van der Waals surface area contributed by atoms with Crippen LogP contribution in [0.3, 0.4) is 0 Å². The van der Waals surface area contributed by atoms with Crippen LogP contribution in [0.5, 0.6) is 5.75 Å². The smallest absolute Gasteiger partial charge is 0.261 e. The van der Waals surface area contributed by atoms with Crippen LogP contribution in [-0.2, 0) is 16.6 Å². The summed E-state index contributed by atoms with van der Waals surface area (Å²) in [5.41, 5.74) is 1.16. The molecule has 0 aliphatic rings. The molecule has 0 heterocycles. The predicted molar refractivity (Wildman–Crippen MR) is 139 cm³/mol. The lowest BCUT2D eigenvalue weighted by atomic mass is 10.2. The molecule has 0 atom stereocenters. The Kier molecular flexibility index (Phi) is 7.79. The lowest BCUT2D eigenvalue weighted by Crippen LogP contribution is -2.15. The Hall–Kier alpha value is -3.59. The lowest BCUT2D eigenvalue weighted by molar-refractivity contribution is 0.102. The first-order valence-electron chi connectivity index (χ1n) is 10.6. The van der Waals surface area contributed by atoms with Gasteiger partial charge in [0.15, 0.2) is 0 Å². The summed E-state index contributed by atoms with van der Waals surface area (Å²) in [4.78, 5) is 12.1. The molecule has 0 radical (unpaired) electrons. The van der Waals surface area contributed by atoms with Crippen LogP contribution in [0.25, 0.3) is 0 Å². The average Bonchev–Trinajstić information content (AvgIpc) is 2.85. The first kappa shape index (κ1) is 25.5. The van der Waals surface area contributed by atoms with Gasteiger partial charge in [0, 0.05) is 10.7 Å². The van der Waals surface area contributed by atoms with Crippen molar-refractivity contribution in [3.8, 4) is 5.75 Å². The third-order valence-corrected chi connectivity index (χ3v) is 6.96. The molecule has 4 rings (SSSR count). The Bertz CT molecular complexity index is 1500. The van der Waals surface area contributed by atoms with Gasteiger partial charge in [0.25, 0.3) is 15.9 Å². The molecule has 10 heteroatoms. The highest BCUT2D eigenvalue weighted by molar-refractivity contribution is 7.92. The van der Waals surface area contributed by atoms with Gasteiger partial charge in [0.2, 0.25) is 0 Å². The molecule has 0 bridgehead atoms. The molecule has 184 valence electrons. The SMILES string of the molecule is O=C(Nc1ccc(S(=O)(=O)Nc2ccc(OCc3ccccc3)cc2)cc1F)c1ccc(Cl)cc1Cl. The molecule has 4 aromatic carbocycles. The number of nitrogens with one attached hydrogen (secondary N) is 2. The zero-order valence-electron chi connectivity index (χ0n) is 18.5. The molecule has 4 aromatic rings. The van der Waals surface area contributed by atoms with Crippen LogP contribution in [0.2, 0.25) is 10.0 Å². The van der Waals surface area contributed by atoms with E-state index in [-0.39, 0.29) is 26.9 Å². The summed E-state index contributed by atoms with van der Waals surface area (Å²) in [6.07, 6.45) is 0. The fraction of sp³-hybridized carbons (Fsp3) is 0.0385. The van der Waals surface area contributed by atoms with Crippen molar-refractivity contribution in [2.75, 3.05) is 10.0 Å².